The third-order valence-corrected chi connectivity index (χ3v) is 4.52. The summed E-state index contributed by atoms with van der Waals surface area (Å²) in [6, 6.07) is 0. The van der Waals surface area contributed by atoms with E-state index in [0.29, 0.717) is 15.0 Å². The lowest BCUT2D eigenvalue weighted by atomic mass is 10.1. The molecule has 4 atom stereocenters. The monoisotopic (exact) mass is 519 g/mol. The van der Waals surface area contributed by atoms with Gasteiger partial charge in [-0.15, -0.1) is 0 Å². The summed E-state index contributed by atoms with van der Waals surface area (Å²) < 4.78 is 23.6. The fourth-order valence-electron chi connectivity index (χ4n) is 3.01. The van der Waals surface area contributed by atoms with E-state index in [4.69, 9.17) is 24.7 Å². The number of nitrogens with two attached hydrogens (primary N) is 1. The fourth-order valence-corrected chi connectivity index (χ4v) is 3.50. The van der Waals surface area contributed by atoms with E-state index in [1.165, 1.54) is 31.7 Å². The Kier molecular flexibility index (Phi) is 6.16. The van der Waals surface area contributed by atoms with E-state index in [9.17, 15) is 14.4 Å². The molecule has 3 rings (SSSR count). The van der Waals surface area contributed by atoms with Gasteiger partial charge in [0.2, 0.25) is 0 Å². The molecule has 0 bridgehead atoms. The van der Waals surface area contributed by atoms with Crippen LogP contribution in [0, 0.1) is 3.83 Å². The first-order valence-electron chi connectivity index (χ1n) is 8.46. The van der Waals surface area contributed by atoms with Crippen LogP contribution in [0.2, 0.25) is 0 Å². The Morgan fingerprint density at radius 2 is 1.79 bits per heavy atom. The number of rotatable bonds is 5. The van der Waals surface area contributed by atoms with Gasteiger partial charge in [0.15, 0.2) is 33.7 Å². The first-order chi connectivity index (χ1) is 13.7. The lowest BCUT2D eigenvalue weighted by molar-refractivity contribution is -0.166. The molecule has 1 saturated heterocycles. The maximum Gasteiger partial charge on any atom is 0.303 e. The number of anilines is 1. The molecule has 13 heteroatoms. The van der Waals surface area contributed by atoms with Crippen molar-refractivity contribution in [1.29, 1.82) is 0 Å². The molecule has 12 nitrogen and oxygen atoms in total. The number of halogens is 1. The number of nitrogens with zero attached hydrogens (tertiary/aromatic N) is 4. The Morgan fingerprint density at radius 3 is 2.41 bits per heavy atom. The van der Waals surface area contributed by atoms with Gasteiger partial charge in [0.1, 0.15) is 18.2 Å². The second kappa shape index (κ2) is 8.44. The van der Waals surface area contributed by atoms with Gasteiger partial charge in [-0.25, -0.2) is 15.0 Å². The van der Waals surface area contributed by atoms with E-state index >= 15 is 0 Å². The van der Waals surface area contributed by atoms with Crippen molar-refractivity contribution in [3.8, 4) is 0 Å². The summed E-state index contributed by atoms with van der Waals surface area (Å²) >= 11 is 1.90. The minimum absolute atomic E-state index is 0.174. The van der Waals surface area contributed by atoms with Crippen molar-refractivity contribution in [2.24, 2.45) is 0 Å². The van der Waals surface area contributed by atoms with Crippen molar-refractivity contribution in [3.63, 3.8) is 0 Å². The van der Waals surface area contributed by atoms with Crippen molar-refractivity contribution < 1.29 is 33.3 Å². The standard InChI is InChI=1S/C16H18IN5O7/c1-6(23)26-4-9-11(27-7(2)24)12(28-8(3)25)15(29-9)22-5-19-10-13(18)20-16(17)21-14(10)22/h5,9,11-12,15H,4H2,1-3H3,(H2,18,20,21)/t9-,11?,12?,15-/m1/s1. The van der Waals surface area contributed by atoms with Crippen LogP contribution in [-0.4, -0.2) is 62.3 Å². The smallest absolute Gasteiger partial charge is 0.303 e. The van der Waals surface area contributed by atoms with Crippen molar-refractivity contribution in [1.82, 2.24) is 19.5 Å². The molecule has 2 aromatic heterocycles. The van der Waals surface area contributed by atoms with E-state index in [-0.39, 0.29) is 12.4 Å². The fraction of sp³-hybridized carbons (Fsp3) is 0.500. The summed E-state index contributed by atoms with van der Waals surface area (Å²) in [5.41, 5.74) is 6.58. The molecule has 3 heterocycles. The summed E-state index contributed by atoms with van der Waals surface area (Å²) in [6.07, 6.45) is -2.49. The molecule has 0 amide bonds. The Bertz CT molecular complexity index is 965. The van der Waals surface area contributed by atoms with Gasteiger partial charge in [-0.2, -0.15) is 0 Å². The third kappa shape index (κ3) is 4.55. The number of hydrogen-bond acceptors (Lipinski definition) is 11. The number of hydrogen-bond donors (Lipinski definition) is 1. The van der Waals surface area contributed by atoms with Crippen LogP contribution in [0.1, 0.15) is 27.0 Å². The molecule has 0 aromatic carbocycles. The van der Waals surface area contributed by atoms with Crippen molar-refractivity contribution in [2.75, 3.05) is 12.3 Å². The van der Waals surface area contributed by atoms with E-state index < -0.39 is 42.4 Å². The zero-order valence-electron chi connectivity index (χ0n) is 15.7. The Hall–Kier alpha value is -2.55. The summed E-state index contributed by atoms with van der Waals surface area (Å²) in [5, 5.41) is 0. The second-order valence-corrected chi connectivity index (χ2v) is 7.18. The molecule has 0 spiro atoms. The van der Waals surface area contributed by atoms with Gasteiger partial charge in [0.05, 0.1) is 6.33 Å². The zero-order chi connectivity index (χ0) is 21.3. The first kappa shape index (κ1) is 21.2. The average molecular weight is 519 g/mol. The van der Waals surface area contributed by atoms with Gasteiger partial charge in [0.25, 0.3) is 0 Å². The molecule has 0 saturated carbocycles. The van der Waals surface area contributed by atoms with Crippen LogP contribution in [0.25, 0.3) is 11.2 Å². The maximum absolute atomic E-state index is 11.7. The molecule has 1 aliphatic rings. The minimum atomic E-state index is -1.04. The van der Waals surface area contributed by atoms with Crippen LogP contribution in [0.3, 0.4) is 0 Å². The molecule has 156 valence electrons. The van der Waals surface area contributed by atoms with Crippen LogP contribution >= 0.6 is 22.6 Å². The van der Waals surface area contributed by atoms with Crippen LogP contribution in [-0.2, 0) is 33.3 Å². The zero-order valence-corrected chi connectivity index (χ0v) is 17.9. The summed E-state index contributed by atoms with van der Waals surface area (Å²) in [4.78, 5) is 47.1. The first-order valence-corrected chi connectivity index (χ1v) is 9.54. The lowest BCUT2D eigenvalue weighted by Crippen LogP contribution is -2.40. The molecule has 29 heavy (non-hydrogen) atoms. The molecule has 1 fully saturated rings. The van der Waals surface area contributed by atoms with Crippen LogP contribution < -0.4 is 5.73 Å². The van der Waals surface area contributed by atoms with Crippen molar-refractivity contribution in [3.05, 3.63) is 10.2 Å². The highest BCUT2D eigenvalue weighted by Crippen LogP contribution is 2.36. The molecule has 0 aliphatic carbocycles. The topological polar surface area (TPSA) is 158 Å². The number of aromatic nitrogens is 4. The van der Waals surface area contributed by atoms with Gasteiger partial charge in [-0.1, -0.05) is 0 Å². The molecular formula is C16H18IN5O7. The van der Waals surface area contributed by atoms with Gasteiger partial charge < -0.3 is 24.7 Å². The Morgan fingerprint density at radius 1 is 1.14 bits per heavy atom. The van der Waals surface area contributed by atoms with Gasteiger partial charge in [0, 0.05) is 43.4 Å². The molecule has 1 aliphatic heterocycles. The van der Waals surface area contributed by atoms with E-state index in [1.807, 2.05) is 22.6 Å². The largest absolute Gasteiger partial charge is 0.463 e. The number of carbonyl (C=O) groups is 3. The molecule has 0 radical (unpaired) electrons. The van der Waals surface area contributed by atoms with Crippen LogP contribution in [0.15, 0.2) is 6.33 Å². The number of fused-ring (bicyclic) bond motifs is 1. The molecule has 2 N–H and O–H groups in total. The molecule has 2 aromatic rings. The molecular weight excluding hydrogens is 501 g/mol. The highest BCUT2D eigenvalue weighted by Gasteiger charge is 2.51. The van der Waals surface area contributed by atoms with Gasteiger partial charge in [-0.3, -0.25) is 19.0 Å². The van der Waals surface area contributed by atoms with Crippen molar-refractivity contribution >= 4 is 57.5 Å². The third-order valence-electron chi connectivity index (χ3n) is 4.04. The highest BCUT2D eigenvalue weighted by molar-refractivity contribution is 14.1. The molecule has 2 unspecified atom stereocenters. The highest BCUT2D eigenvalue weighted by atomic mass is 127. The number of carbonyl (C=O) groups excluding carboxylic acids is 3. The minimum Gasteiger partial charge on any atom is -0.463 e. The summed E-state index contributed by atoms with van der Waals surface area (Å²) in [7, 11) is 0. The average Bonchev–Trinajstić information content (AvgIpc) is 3.15. The van der Waals surface area contributed by atoms with Crippen LogP contribution in [0.4, 0.5) is 5.82 Å². The summed E-state index contributed by atoms with van der Waals surface area (Å²) in [6.45, 7) is 3.46. The quantitative estimate of drug-likeness (QED) is 0.251. The number of esters is 3. The maximum atomic E-state index is 11.7. The predicted octanol–water partition coefficient (Wildman–Crippen LogP) is 0.337. The number of ether oxygens (including phenoxy) is 4. The van der Waals surface area contributed by atoms with E-state index in [0.717, 1.165) is 0 Å². The SMILES string of the molecule is CC(=O)OC[C@H]1O[C@@H](n2cnc3c(N)nc(I)nc32)C(OC(C)=O)C1OC(C)=O. The number of imidazole rings is 1. The Balaban J connectivity index is 2.04. The second-order valence-electron chi connectivity index (χ2n) is 6.22. The number of nitrogen functional groups attached to an aromatic ring is 1. The van der Waals surface area contributed by atoms with Crippen molar-refractivity contribution in [2.45, 2.75) is 45.3 Å². The van der Waals surface area contributed by atoms with E-state index in [2.05, 4.69) is 15.0 Å². The predicted molar refractivity (Wildman–Crippen MR) is 104 cm³/mol. The normalized spacial score (nSPS) is 23.7. The van der Waals surface area contributed by atoms with Gasteiger partial charge in [-0.05, 0) is 0 Å². The lowest BCUT2D eigenvalue weighted by Gasteiger charge is -2.23. The van der Waals surface area contributed by atoms with E-state index in [1.54, 1.807) is 0 Å². The van der Waals surface area contributed by atoms with Gasteiger partial charge >= 0.3 is 17.9 Å². The summed E-state index contributed by atoms with van der Waals surface area (Å²) in [5.74, 6) is -1.58. The van der Waals surface area contributed by atoms with Crippen LogP contribution in [0.5, 0.6) is 0 Å². The Labute approximate surface area is 178 Å².